The normalized spacial score (nSPS) is 13.3. The van der Waals surface area contributed by atoms with Gasteiger partial charge >= 0.3 is 0 Å². The van der Waals surface area contributed by atoms with Crippen LogP contribution < -0.4 is 5.56 Å². The van der Waals surface area contributed by atoms with Gasteiger partial charge in [-0.1, -0.05) is 20.8 Å². The van der Waals surface area contributed by atoms with Crippen LogP contribution in [0.1, 0.15) is 32.3 Å². The van der Waals surface area contributed by atoms with Crippen molar-refractivity contribution in [3.05, 3.63) is 34.2 Å². The van der Waals surface area contributed by atoms with Crippen molar-refractivity contribution < 1.29 is 0 Å². The number of rotatable bonds is 2. The molecule has 0 saturated heterocycles. The van der Waals surface area contributed by atoms with Gasteiger partial charge in [0.05, 0.1) is 0 Å². The van der Waals surface area contributed by atoms with E-state index in [0.29, 0.717) is 11.8 Å². The summed E-state index contributed by atoms with van der Waals surface area (Å²) < 4.78 is 0. The van der Waals surface area contributed by atoms with Crippen LogP contribution in [0, 0.1) is 5.92 Å². The molecule has 0 radical (unpaired) electrons. The van der Waals surface area contributed by atoms with Crippen molar-refractivity contribution in [3.63, 3.8) is 0 Å². The Hall–Kier alpha value is -1.05. The number of aromatic nitrogens is 1. The second kappa shape index (κ2) is 3.57. The predicted octanol–water partition coefficient (Wildman–Crippen LogP) is 2.13. The zero-order chi connectivity index (χ0) is 9.14. The third-order valence-electron chi connectivity index (χ3n) is 2.32. The van der Waals surface area contributed by atoms with Crippen molar-refractivity contribution in [2.45, 2.75) is 26.7 Å². The maximum Gasteiger partial charge on any atom is 0.248 e. The van der Waals surface area contributed by atoms with E-state index >= 15 is 0 Å². The van der Waals surface area contributed by atoms with Gasteiger partial charge in [-0.2, -0.15) is 0 Å². The summed E-state index contributed by atoms with van der Waals surface area (Å²) in [6, 6.07) is 3.64. The molecule has 2 heteroatoms. The van der Waals surface area contributed by atoms with Crippen molar-refractivity contribution in [2.24, 2.45) is 5.92 Å². The third-order valence-corrected chi connectivity index (χ3v) is 2.32. The maximum atomic E-state index is 11.0. The van der Waals surface area contributed by atoms with E-state index in [1.807, 2.05) is 6.07 Å². The number of pyridine rings is 1. The summed E-state index contributed by atoms with van der Waals surface area (Å²) in [5, 5.41) is 0. The monoisotopic (exact) mass is 165 g/mol. The molecule has 0 saturated carbocycles. The molecule has 1 aromatic rings. The minimum Gasteiger partial charge on any atom is -0.329 e. The zero-order valence-corrected chi connectivity index (χ0v) is 7.79. The van der Waals surface area contributed by atoms with Crippen LogP contribution in [0.5, 0.6) is 0 Å². The minimum atomic E-state index is -0.0139. The Bertz CT molecular complexity index is 301. The van der Waals surface area contributed by atoms with Crippen LogP contribution in [0.15, 0.2) is 23.1 Å². The Morgan fingerprint density at radius 2 is 2.00 bits per heavy atom. The fraction of sp³-hybridized carbons (Fsp3) is 0.500. The molecule has 0 aromatic carbocycles. The lowest BCUT2D eigenvalue weighted by atomic mass is 9.91. The topological polar surface area (TPSA) is 32.9 Å². The van der Waals surface area contributed by atoms with Crippen molar-refractivity contribution in [1.29, 1.82) is 0 Å². The Labute approximate surface area is 72.6 Å². The molecular weight excluding hydrogens is 150 g/mol. The average Bonchev–Trinajstić information content (AvgIpc) is 2.03. The summed E-state index contributed by atoms with van der Waals surface area (Å²) in [5.41, 5.74) is 1.11. The molecule has 66 valence electrons. The molecule has 0 aliphatic rings. The van der Waals surface area contributed by atoms with Gasteiger partial charge in [0.25, 0.3) is 0 Å². The van der Waals surface area contributed by atoms with Crippen LogP contribution in [0.4, 0.5) is 0 Å². The fourth-order valence-electron chi connectivity index (χ4n) is 1.13. The quantitative estimate of drug-likeness (QED) is 0.715. The highest BCUT2D eigenvalue weighted by molar-refractivity contribution is 5.15. The Morgan fingerprint density at radius 3 is 2.50 bits per heavy atom. The van der Waals surface area contributed by atoms with E-state index in [2.05, 4.69) is 25.8 Å². The Morgan fingerprint density at radius 1 is 1.33 bits per heavy atom. The van der Waals surface area contributed by atoms with Crippen LogP contribution in [0.25, 0.3) is 0 Å². The molecule has 1 heterocycles. The molecule has 1 N–H and O–H groups in total. The Balaban J connectivity index is 2.95. The first-order valence-corrected chi connectivity index (χ1v) is 4.30. The summed E-state index contributed by atoms with van der Waals surface area (Å²) in [6.45, 7) is 6.46. The number of nitrogens with one attached hydrogen (secondary N) is 1. The molecule has 0 aliphatic carbocycles. The SMILES string of the molecule is CC(C)C(C)c1cc[nH]c(=O)c1. The number of hydrogen-bond acceptors (Lipinski definition) is 1. The van der Waals surface area contributed by atoms with Gasteiger partial charge < -0.3 is 4.98 Å². The molecule has 0 fully saturated rings. The molecule has 0 bridgehead atoms. The van der Waals surface area contributed by atoms with E-state index in [1.54, 1.807) is 12.3 Å². The zero-order valence-electron chi connectivity index (χ0n) is 7.79. The first-order valence-electron chi connectivity index (χ1n) is 4.30. The van der Waals surface area contributed by atoms with E-state index in [1.165, 1.54) is 0 Å². The molecule has 1 aromatic heterocycles. The lowest BCUT2D eigenvalue weighted by molar-refractivity contribution is 0.534. The van der Waals surface area contributed by atoms with E-state index in [4.69, 9.17) is 0 Å². The number of H-pyrrole nitrogens is 1. The Kier molecular flexibility index (Phi) is 2.69. The third kappa shape index (κ3) is 1.97. The first kappa shape index (κ1) is 9.04. The molecule has 12 heavy (non-hydrogen) atoms. The molecule has 1 unspecified atom stereocenters. The van der Waals surface area contributed by atoms with Crippen LogP contribution in [0.3, 0.4) is 0 Å². The molecule has 2 nitrogen and oxygen atoms in total. The van der Waals surface area contributed by atoms with Crippen molar-refractivity contribution >= 4 is 0 Å². The smallest absolute Gasteiger partial charge is 0.248 e. The fourth-order valence-corrected chi connectivity index (χ4v) is 1.13. The largest absolute Gasteiger partial charge is 0.329 e. The van der Waals surface area contributed by atoms with Crippen LogP contribution in [0.2, 0.25) is 0 Å². The highest BCUT2D eigenvalue weighted by Crippen LogP contribution is 2.21. The standard InChI is InChI=1S/C10H15NO/c1-7(2)8(3)9-4-5-11-10(12)6-9/h4-8H,1-3H3,(H,11,12). The van der Waals surface area contributed by atoms with E-state index < -0.39 is 0 Å². The highest BCUT2D eigenvalue weighted by Gasteiger charge is 2.09. The first-order chi connectivity index (χ1) is 5.61. The molecular formula is C10H15NO. The van der Waals surface area contributed by atoms with Crippen LogP contribution >= 0.6 is 0 Å². The van der Waals surface area contributed by atoms with Crippen molar-refractivity contribution in [2.75, 3.05) is 0 Å². The van der Waals surface area contributed by atoms with Crippen molar-refractivity contribution in [3.8, 4) is 0 Å². The van der Waals surface area contributed by atoms with Gasteiger partial charge in [0.15, 0.2) is 0 Å². The second-order valence-corrected chi connectivity index (χ2v) is 3.52. The summed E-state index contributed by atoms with van der Waals surface area (Å²) in [5.74, 6) is 1.03. The maximum absolute atomic E-state index is 11.0. The van der Waals surface area contributed by atoms with Gasteiger partial charge in [0, 0.05) is 12.3 Å². The summed E-state index contributed by atoms with van der Waals surface area (Å²) in [4.78, 5) is 13.6. The van der Waals surface area contributed by atoms with Gasteiger partial charge in [-0.05, 0) is 23.5 Å². The van der Waals surface area contributed by atoms with Gasteiger partial charge in [-0.15, -0.1) is 0 Å². The minimum absolute atomic E-state index is 0.0139. The summed E-state index contributed by atoms with van der Waals surface area (Å²) in [7, 11) is 0. The number of hydrogen-bond donors (Lipinski definition) is 1. The molecule has 0 amide bonds. The van der Waals surface area contributed by atoms with Crippen LogP contribution in [-0.2, 0) is 0 Å². The molecule has 0 spiro atoms. The second-order valence-electron chi connectivity index (χ2n) is 3.52. The van der Waals surface area contributed by atoms with Gasteiger partial charge in [0.2, 0.25) is 5.56 Å². The lowest BCUT2D eigenvalue weighted by Crippen LogP contribution is -2.09. The lowest BCUT2D eigenvalue weighted by Gasteiger charge is -2.14. The molecule has 0 aliphatic heterocycles. The van der Waals surface area contributed by atoms with Gasteiger partial charge in [-0.3, -0.25) is 4.79 Å². The molecule has 1 atom stereocenters. The van der Waals surface area contributed by atoms with E-state index in [0.717, 1.165) is 5.56 Å². The van der Waals surface area contributed by atoms with E-state index in [9.17, 15) is 4.79 Å². The summed E-state index contributed by atoms with van der Waals surface area (Å²) in [6.07, 6.45) is 1.70. The average molecular weight is 165 g/mol. The summed E-state index contributed by atoms with van der Waals surface area (Å²) >= 11 is 0. The van der Waals surface area contributed by atoms with Crippen molar-refractivity contribution in [1.82, 2.24) is 4.98 Å². The number of aromatic amines is 1. The van der Waals surface area contributed by atoms with Gasteiger partial charge in [0.1, 0.15) is 0 Å². The predicted molar refractivity (Wildman–Crippen MR) is 50.3 cm³/mol. The van der Waals surface area contributed by atoms with Crippen LogP contribution in [-0.4, -0.2) is 4.98 Å². The molecule has 1 rings (SSSR count). The highest BCUT2D eigenvalue weighted by atomic mass is 16.1. The van der Waals surface area contributed by atoms with Gasteiger partial charge in [-0.25, -0.2) is 0 Å². The van der Waals surface area contributed by atoms with E-state index in [-0.39, 0.29) is 5.56 Å².